The maximum absolute atomic E-state index is 5.97. The molecule has 0 radical (unpaired) electrons. The summed E-state index contributed by atoms with van der Waals surface area (Å²) in [5.41, 5.74) is 2.92. The average Bonchev–Trinajstić information content (AvgIpc) is 2.53. The first-order valence-corrected chi connectivity index (χ1v) is 7.21. The summed E-state index contributed by atoms with van der Waals surface area (Å²) in [6, 6.07) is 7.50. The van der Waals surface area contributed by atoms with E-state index in [9.17, 15) is 0 Å². The number of ether oxygens (including phenoxy) is 1. The zero-order valence-corrected chi connectivity index (χ0v) is 13.8. The molecule has 3 nitrogen and oxygen atoms in total. The molecule has 1 aromatic heterocycles. The quantitative estimate of drug-likeness (QED) is 0.766. The molecule has 0 saturated carbocycles. The van der Waals surface area contributed by atoms with Gasteiger partial charge >= 0.3 is 0 Å². The first-order valence-electron chi connectivity index (χ1n) is 6.83. The summed E-state index contributed by atoms with van der Waals surface area (Å²) < 4.78 is 5.06. The molecule has 0 aliphatic rings. The molecule has 0 amide bonds. The predicted octanol–water partition coefficient (Wildman–Crippen LogP) is 5.17. The third kappa shape index (κ3) is 5.17. The molecule has 4 heteroatoms. The SMILES string of the molecule is CC.CC.COc1cc(-c2cc(Cl)ccc2C)ncn1. The maximum Gasteiger partial charge on any atom is 0.216 e. The van der Waals surface area contributed by atoms with Gasteiger partial charge in [0.15, 0.2) is 0 Å². The van der Waals surface area contributed by atoms with Crippen molar-refractivity contribution in [2.75, 3.05) is 7.11 Å². The molecule has 0 aliphatic carbocycles. The van der Waals surface area contributed by atoms with Gasteiger partial charge in [-0.25, -0.2) is 9.97 Å². The molecule has 20 heavy (non-hydrogen) atoms. The normalized spacial score (nSPS) is 8.75. The number of rotatable bonds is 2. The summed E-state index contributed by atoms with van der Waals surface area (Å²) in [6.45, 7) is 10.0. The van der Waals surface area contributed by atoms with Crippen LogP contribution in [-0.4, -0.2) is 17.1 Å². The molecule has 0 N–H and O–H groups in total. The Bertz CT molecular complexity index is 516. The van der Waals surface area contributed by atoms with E-state index in [1.165, 1.54) is 6.33 Å². The fourth-order valence-electron chi connectivity index (χ4n) is 1.47. The van der Waals surface area contributed by atoms with Crippen LogP contribution in [0.25, 0.3) is 11.3 Å². The third-order valence-electron chi connectivity index (χ3n) is 2.33. The molecule has 0 atom stereocenters. The van der Waals surface area contributed by atoms with E-state index < -0.39 is 0 Å². The van der Waals surface area contributed by atoms with Gasteiger partial charge in [0.2, 0.25) is 5.88 Å². The van der Waals surface area contributed by atoms with E-state index in [2.05, 4.69) is 9.97 Å². The highest BCUT2D eigenvalue weighted by Gasteiger charge is 2.05. The molecule has 1 heterocycles. The lowest BCUT2D eigenvalue weighted by atomic mass is 10.1. The Morgan fingerprint density at radius 3 is 2.25 bits per heavy atom. The summed E-state index contributed by atoms with van der Waals surface area (Å²) in [5, 5.41) is 0.693. The lowest BCUT2D eigenvalue weighted by molar-refractivity contribution is 0.397. The first kappa shape index (κ1) is 18.4. The predicted molar refractivity (Wildman–Crippen MR) is 86.5 cm³/mol. The van der Waals surface area contributed by atoms with Crippen molar-refractivity contribution in [3.8, 4) is 17.1 Å². The second kappa shape index (κ2) is 10.2. The van der Waals surface area contributed by atoms with E-state index in [-0.39, 0.29) is 0 Å². The fourth-order valence-corrected chi connectivity index (χ4v) is 1.64. The van der Waals surface area contributed by atoms with Crippen LogP contribution in [0, 0.1) is 6.92 Å². The third-order valence-corrected chi connectivity index (χ3v) is 2.56. The highest BCUT2D eigenvalue weighted by molar-refractivity contribution is 6.30. The molecular formula is C16H23ClN2O. The number of hydrogen-bond donors (Lipinski definition) is 0. The molecule has 2 aromatic rings. The molecule has 0 bridgehead atoms. The van der Waals surface area contributed by atoms with Crippen molar-refractivity contribution in [1.82, 2.24) is 9.97 Å². The van der Waals surface area contributed by atoms with E-state index in [4.69, 9.17) is 16.3 Å². The van der Waals surface area contributed by atoms with Crippen LogP contribution < -0.4 is 4.74 Å². The summed E-state index contributed by atoms with van der Waals surface area (Å²) in [5.74, 6) is 0.546. The van der Waals surface area contributed by atoms with Gasteiger partial charge in [0.1, 0.15) is 6.33 Å². The lowest BCUT2D eigenvalue weighted by Crippen LogP contribution is -1.92. The van der Waals surface area contributed by atoms with Crippen LogP contribution in [0.2, 0.25) is 5.02 Å². The Kier molecular flexibility index (Phi) is 9.39. The standard InChI is InChI=1S/C12H11ClN2O.2C2H6/c1-8-3-4-9(13)5-10(8)11-6-12(16-2)15-7-14-11;2*1-2/h3-7H,1-2H3;2*1-2H3. The molecular weight excluding hydrogens is 272 g/mol. The Balaban J connectivity index is 0.000000829. The smallest absolute Gasteiger partial charge is 0.216 e. The molecule has 2 rings (SSSR count). The molecule has 0 fully saturated rings. The van der Waals surface area contributed by atoms with Crippen LogP contribution in [0.5, 0.6) is 5.88 Å². The Morgan fingerprint density at radius 2 is 1.65 bits per heavy atom. The Morgan fingerprint density at radius 1 is 1.00 bits per heavy atom. The highest BCUT2D eigenvalue weighted by Crippen LogP contribution is 2.26. The highest BCUT2D eigenvalue weighted by atomic mass is 35.5. The molecule has 1 aromatic carbocycles. The second-order valence-corrected chi connectivity index (χ2v) is 3.84. The van der Waals surface area contributed by atoms with Gasteiger partial charge in [0.25, 0.3) is 0 Å². The van der Waals surface area contributed by atoms with Crippen molar-refractivity contribution in [3.63, 3.8) is 0 Å². The van der Waals surface area contributed by atoms with Gasteiger partial charge in [-0.05, 0) is 24.6 Å². The molecule has 0 unspecified atom stereocenters. The van der Waals surface area contributed by atoms with Gasteiger partial charge < -0.3 is 4.74 Å². The number of aryl methyl sites for hydroxylation is 1. The largest absolute Gasteiger partial charge is 0.481 e. The van der Waals surface area contributed by atoms with Crippen LogP contribution in [0.1, 0.15) is 33.3 Å². The lowest BCUT2D eigenvalue weighted by Gasteiger charge is -2.06. The number of aromatic nitrogens is 2. The molecule has 110 valence electrons. The van der Waals surface area contributed by atoms with Crippen LogP contribution in [-0.2, 0) is 0 Å². The van der Waals surface area contributed by atoms with Crippen molar-refractivity contribution in [3.05, 3.63) is 41.2 Å². The second-order valence-electron chi connectivity index (χ2n) is 3.40. The molecule has 0 aliphatic heterocycles. The number of benzene rings is 1. The van der Waals surface area contributed by atoms with Gasteiger partial charge in [-0.1, -0.05) is 45.4 Å². The Labute approximate surface area is 127 Å². The van der Waals surface area contributed by atoms with Gasteiger partial charge in [-0.15, -0.1) is 0 Å². The summed E-state index contributed by atoms with van der Waals surface area (Å²) in [4.78, 5) is 8.18. The van der Waals surface area contributed by atoms with Gasteiger partial charge in [-0.2, -0.15) is 0 Å². The average molecular weight is 295 g/mol. The van der Waals surface area contributed by atoms with Gasteiger partial charge in [0.05, 0.1) is 12.8 Å². The minimum Gasteiger partial charge on any atom is -0.481 e. The van der Waals surface area contributed by atoms with Crippen molar-refractivity contribution in [2.24, 2.45) is 0 Å². The summed E-state index contributed by atoms with van der Waals surface area (Å²) in [6.07, 6.45) is 1.48. The van der Waals surface area contributed by atoms with Crippen molar-refractivity contribution in [1.29, 1.82) is 0 Å². The topological polar surface area (TPSA) is 35.0 Å². The van der Waals surface area contributed by atoms with Gasteiger partial charge in [0, 0.05) is 16.7 Å². The summed E-state index contributed by atoms with van der Waals surface area (Å²) in [7, 11) is 1.58. The molecule has 0 spiro atoms. The number of hydrogen-bond acceptors (Lipinski definition) is 3. The van der Waals surface area contributed by atoms with E-state index in [0.29, 0.717) is 10.9 Å². The monoisotopic (exact) mass is 294 g/mol. The fraction of sp³-hybridized carbons (Fsp3) is 0.375. The first-order chi connectivity index (χ1) is 9.70. The van der Waals surface area contributed by atoms with Crippen LogP contribution in [0.3, 0.4) is 0 Å². The minimum atomic E-state index is 0.546. The maximum atomic E-state index is 5.97. The van der Waals surface area contributed by atoms with Crippen molar-refractivity contribution in [2.45, 2.75) is 34.6 Å². The minimum absolute atomic E-state index is 0.546. The summed E-state index contributed by atoms with van der Waals surface area (Å²) >= 11 is 5.97. The van der Waals surface area contributed by atoms with Gasteiger partial charge in [-0.3, -0.25) is 0 Å². The number of methoxy groups -OCH3 is 1. The van der Waals surface area contributed by atoms with E-state index in [1.807, 2.05) is 52.8 Å². The van der Waals surface area contributed by atoms with Crippen LogP contribution in [0.4, 0.5) is 0 Å². The van der Waals surface area contributed by atoms with E-state index in [1.54, 1.807) is 13.2 Å². The van der Waals surface area contributed by atoms with Crippen LogP contribution >= 0.6 is 11.6 Å². The van der Waals surface area contributed by atoms with Crippen molar-refractivity contribution < 1.29 is 4.74 Å². The van der Waals surface area contributed by atoms with E-state index in [0.717, 1.165) is 16.8 Å². The zero-order chi connectivity index (χ0) is 15.5. The number of halogens is 1. The zero-order valence-electron chi connectivity index (χ0n) is 13.1. The van der Waals surface area contributed by atoms with Crippen LogP contribution in [0.15, 0.2) is 30.6 Å². The Hall–Kier alpha value is -1.61. The molecule has 0 saturated heterocycles. The number of nitrogens with zero attached hydrogens (tertiary/aromatic N) is 2. The van der Waals surface area contributed by atoms with Crippen molar-refractivity contribution >= 4 is 11.6 Å². The van der Waals surface area contributed by atoms with E-state index >= 15 is 0 Å².